The molecule has 1 saturated carbocycles. The number of halogens is 1. The number of rotatable bonds is 5. The Labute approximate surface area is 124 Å². The minimum atomic E-state index is -0.119. The summed E-state index contributed by atoms with van der Waals surface area (Å²) < 4.78 is 10.4. The quantitative estimate of drug-likeness (QED) is 0.850. The molecule has 1 amide bonds. The fourth-order valence-electron chi connectivity index (χ4n) is 2.64. The Balaban J connectivity index is 2.12. The van der Waals surface area contributed by atoms with Crippen LogP contribution in [0, 0.1) is 5.92 Å². The summed E-state index contributed by atoms with van der Waals surface area (Å²) >= 11 is 5.94. The van der Waals surface area contributed by atoms with Crippen molar-refractivity contribution in [2.75, 3.05) is 20.1 Å². The van der Waals surface area contributed by atoms with E-state index in [1.54, 1.807) is 32.4 Å². The number of methoxy groups -OCH3 is 2. The fraction of sp³-hybridized carbons (Fsp3) is 0.533. The average Bonchev–Trinajstić information content (AvgIpc) is 2.93. The van der Waals surface area contributed by atoms with E-state index < -0.39 is 0 Å². The van der Waals surface area contributed by atoms with Gasteiger partial charge in [0, 0.05) is 18.0 Å². The fourth-order valence-corrected chi connectivity index (χ4v) is 3.01. The first-order chi connectivity index (χ1) is 9.69. The van der Waals surface area contributed by atoms with Gasteiger partial charge in [-0.25, -0.2) is 0 Å². The van der Waals surface area contributed by atoms with E-state index in [1.165, 1.54) is 0 Å². The summed E-state index contributed by atoms with van der Waals surface area (Å²) in [6.45, 7) is 0. The van der Waals surface area contributed by atoms with E-state index in [-0.39, 0.29) is 11.9 Å². The standard InChI is InChI=1S/C15H20ClNO3/c1-19-11-6-7-12(14(8-11)20-2)15(18)17-13-5-3-4-10(13)9-16/h6-8,10,13H,3-5,9H2,1-2H3,(H,17,18). The van der Waals surface area contributed by atoms with Crippen molar-refractivity contribution in [1.29, 1.82) is 0 Å². The van der Waals surface area contributed by atoms with Gasteiger partial charge in [-0.05, 0) is 30.9 Å². The first-order valence-electron chi connectivity index (χ1n) is 6.78. The number of hydrogen-bond donors (Lipinski definition) is 1. The van der Waals surface area contributed by atoms with E-state index in [4.69, 9.17) is 21.1 Å². The molecule has 5 heteroatoms. The molecular formula is C15H20ClNO3. The van der Waals surface area contributed by atoms with Gasteiger partial charge in [-0.3, -0.25) is 4.79 Å². The lowest BCUT2D eigenvalue weighted by atomic mass is 10.1. The predicted octanol–water partition coefficient (Wildman–Crippen LogP) is 2.84. The topological polar surface area (TPSA) is 47.6 Å². The van der Waals surface area contributed by atoms with E-state index in [9.17, 15) is 4.79 Å². The highest BCUT2D eigenvalue weighted by Crippen LogP contribution is 2.28. The minimum Gasteiger partial charge on any atom is -0.497 e. The molecule has 0 aliphatic heterocycles. The number of hydrogen-bond acceptors (Lipinski definition) is 3. The molecule has 2 unspecified atom stereocenters. The minimum absolute atomic E-state index is 0.119. The van der Waals surface area contributed by atoms with E-state index in [1.807, 2.05) is 0 Å². The van der Waals surface area contributed by atoms with Gasteiger partial charge in [-0.2, -0.15) is 0 Å². The molecule has 2 rings (SSSR count). The highest BCUT2D eigenvalue weighted by molar-refractivity contribution is 6.18. The lowest BCUT2D eigenvalue weighted by Crippen LogP contribution is -2.38. The summed E-state index contributed by atoms with van der Waals surface area (Å²) in [5, 5.41) is 3.06. The molecule has 20 heavy (non-hydrogen) atoms. The van der Waals surface area contributed by atoms with Crippen LogP contribution in [0.5, 0.6) is 11.5 Å². The van der Waals surface area contributed by atoms with Crippen LogP contribution in [0.1, 0.15) is 29.6 Å². The Morgan fingerprint density at radius 3 is 2.80 bits per heavy atom. The van der Waals surface area contributed by atoms with Crippen LogP contribution in [-0.2, 0) is 0 Å². The van der Waals surface area contributed by atoms with Crippen molar-refractivity contribution in [3.8, 4) is 11.5 Å². The van der Waals surface area contributed by atoms with Gasteiger partial charge in [0.05, 0.1) is 19.8 Å². The largest absolute Gasteiger partial charge is 0.497 e. The molecule has 0 heterocycles. The van der Waals surface area contributed by atoms with Crippen LogP contribution in [0.2, 0.25) is 0 Å². The van der Waals surface area contributed by atoms with E-state index in [0.29, 0.717) is 28.9 Å². The Kier molecular flexibility index (Phi) is 5.12. The summed E-state index contributed by atoms with van der Waals surface area (Å²) in [6.07, 6.45) is 3.18. The first kappa shape index (κ1) is 15.0. The number of ether oxygens (including phenoxy) is 2. The van der Waals surface area contributed by atoms with Crippen LogP contribution < -0.4 is 14.8 Å². The zero-order valence-corrected chi connectivity index (χ0v) is 12.6. The van der Waals surface area contributed by atoms with Crippen LogP contribution in [0.4, 0.5) is 0 Å². The van der Waals surface area contributed by atoms with Crippen LogP contribution >= 0.6 is 11.6 Å². The third-order valence-electron chi connectivity index (χ3n) is 3.83. The van der Waals surface area contributed by atoms with Gasteiger partial charge in [0.1, 0.15) is 11.5 Å². The molecular weight excluding hydrogens is 278 g/mol. The van der Waals surface area contributed by atoms with Gasteiger partial charge in [0.25, 0.3) is 5.91 Å². The molecule has 110 valence electrons. The van der Waals surface area contributed by atoms with E-state index in [0.717, 1.165) is 19.3 Å². The molecule has 1 fully saturated rings. The second-order valence-electron chi connectivity index (χ2n) is 4.99. The number of benzene rings is 1. The lowest BCUT2D eigenvalue weighted by molar-refractivity contribution is 0.0927. The van der Waals surface area contributed by atoms with Gasteiger partial charge in [-0.15, -0.1) is 11.6 Å². The Bertz CT molecular complexity index is 478. The molecule has 1 aromatic rings. The SMILES string of the molecule is COc1ccc(C(=O)NC2CCCC2CCl)c(OC)c1. The third kappa shape index (κ3) is 3.18. The maximum atomic E-state index is 12.4. The molecule has 1 aliphatic rings. The summed E-state index contributed by atoms with van der Waals surface area (Å²) in [5.41, 5.74) is 0.522. The van der Waals surface area contributed by atoms with Crippen LogP contribution in [0.3, 0.4) is 0 Å². The maximum absolute atomic E-state index is 12.4. The van der Waals surface area contributed by atoms with Crippen molar-refractivity contribution in [1.82, 2.24) is 5.32 Å². The highest BCUT2D eigenvalue weighted by Gasteiger charge is 2.28. The number of carbonyl (C=O) groups is 1. The normalized spacial score (nSPS) is 21.6. The summed E-state index contributed by atoms with van der Waals surface area (Å²) in [4.78, 5) is 12.4. The van der Waals surface area contributed by atoms with Crippen LogP contribution in [-0.4, -0.2) is 32.0 Å². The molecule has 1 N–H and O–H groups in total. The van der Waals surface area contributed by atoms with Crippen LogP contribution in [0.25, 0.3) is 0 Å². The third-order valence-corrected chi connectivity index (χ3v) is 4.22. The number of carbonyl (C=O) groups excluding carboxylic acids is 1. The van der Waals surface area contributed by atoms with E-state index >= 15 is 0 Å². The van der Waals surface area contributed by atoms with Crippen molar-refractivity contribution in [2.24, 2.45) is 5.92 Å². The van der Waals surface area contributed by atoms with Crippen molar-refractivity contribution in [3.63, 3.8) is 0 Å². The molecule has 1 aliphatic carbocycles. The zero-order chi connectivity index (χ0) is 14.5. The smallest absolute Gasteiger partial charge is 0.255 e. The molecule has 0 aromatic heterocycles. The van der Waals surface area contributed by atoms with Gasteiger partial charge in [-0.1, -0.05) is 6.42 Å². The molecule has 0 saturated heterocycles. The van der Waals surface area contributed by atoms with Crippen molar-refractivity contribution >= 4 is 17.5 Å². The van der Waals surface area contributed by atoms with Gasteiger partial charge < -0.3 is 14.8 Å². The number of amides is 1. The first-order valence-corrected chi connectivity index (χ1v) is 7.32. The zero-order valence-electron chi connectivity index (χ0n) is 11.8. The molecule has 1 aromatic carbocycles. The molecule has 0 radical (unpaired) electrons. The second kappa shape index (κ2) is 6.84. The van der Waals surface area contributed by atoms with Crippen molar-refractivity contribution in [2.45, 2.75) is 25.3 Å². The monoisotopic (exact) mass is 297 g/mol. The number of nitrogens with one attached hydrogen (secondary N) is 1. The molecule has 0 bridgehead atoms. The molecule has 0 spiro atoms. The summed E-state index contributed by atoms with van der Waals surface area (Å²) in [5.74, 6) is 2.02. The Morgan fingerprint density at radius 1 is 1.35 bits per heavy atom. The summed E-state index contributed by atoms with van der Waals surface area (Å²) in [7, 11) is 3.13. The van der Waals surface area contributed by atoms with Gasteiger partial charge >= 0.3 is 0 Å². The van der Waals surface area contributed by atoms with Crippen molar-refractivity contribution in [3.05, 3.63) is 23.8 Å². The van der Waals surface area contributed by atoms with E-state index in [2.05, 4.69) is 5.32 Å². The lowest BCUT2D eigenvalue weighted by Gasteiger charge is -2.19. The van der Waals surface area contributed by atoms with Gasteiger partial charge in [0.15, 0.2) is 0 Å². The maximum Gasteiger partial charge on any atom is 0.255 e. The highest BCUT2D eigenvalue weighted by atomic mass is 35.5. The molecule has 4 nitrogen and oxygen atoms in total. The van der Waals surface area contributed by atoms with Gasteiger partial charge in [0.2, 0.25) is 0 Å². The van der Waals surface area contributed by atoms with Crippen molar-refractivity contribution < 1.29 is 14.3 Å². The van der Waals surface area contributed by atoms with Crippen LogP contribution in [0.15, 0.2) is 18.2 Å². The second-order valence-corrected chi connectivity index (χ2v) is 5.30. The Morgan fingerprint density at radius 2 is 2.15 bits per heavy atom. The number of alkyl halides is 1. The summed E-state index contributed by atoms with van der Waals surface area (Å²) in [6, 6.07) is 5.34. The molecule has 2 atom stereocenters. The Hall–Kier alpha value is -1.42. The predicted molar refractivity (Wildman–Crippen MR) is 78.9 cm³/mol. The average molecular weight is 298 g/mol.